The number of hydrogen-bond donors (Lipinski definition) is 1. The number of furan rings is 1. The first-order valence-corrected chi connectivity index (χ1v) is 8.94. The molecule has 3 heterocycles. The van der Waals surface area contributed by atoms with E-state index in [4.69, 9.17) is 4.42 Å². The van der Waals surface area contributed by atoms with Crippen LogP contribution in [0.1, 0.15) is 35.8 Å². The van der Waals surface area contributed by atoms with E-state index in [-0.39, 0.29) is 11.8 Å². The van der Waals surface area contributed by atoms with E-state index in [1.165, 1.54) is 0 Å². The fourth-order valence-corrected chi connectivity index (χ4v) is 3.39. The molecule has 1 aliphatic rings. The van der Waals surface area contributed by atoms with Crippen LogP contribution in [0.2, 0.25) is 0 Å². The summed E-state index contributed by atoms with van der Waals surface area (Å²) in [4.78, 5) is 23.6. The zero-order valence-electron chi connectivity index (χ0n) is 15.0. The second kappa shape index (κ2) is 8.25. The lowest BCUT2D eigenvalue weighted by Gasteiger charge is -2.31. The van der Waals surface area contributed by atoms with Gasteiger partial charge in [-0.25, -0.2) is 9.97 Å². The average molecular weight is 342 g/mol. The lowest BCUT2D eigenvalue weighted by molar-refractivity contribution is -0.126. The van der Waals surface area contributed by atoms with Crippen LogP contribution in [0.25, 0.3) is 0 Å². The third kappa shape index (κ3) is 5.13. The third-order valence-corrected chi connectivity index (χ3v) is 4.51. The molecule has 1 aliphatic heterocycles. The summed E-state index contributed by atoms with van der Waals surface area (Å²) in [6, 6.07) is 5.84. The fourth-order valence-electron chi connectivity index (χ4n) is 3.39. The largest absolute Gasteiger partial charge is 0.468 e. The van der Waals surface area contributed by atoms with E-state index in [2.05, 4.69) is 20.2 Å². The van der Waals surface area contributed by atoms with E-state index in [0.717, 1.165) is 55.4 Å². The Bertz CT molecular complexity index is 679. The van der Waals surface area contributed by atoms with Crippen molar-refractivity contribution >= 4 is 5.91 Å². The highest BCUT2D eigenvalue weighted by molar-refractivity contribution is 5.78. The molecule has 25 heavy (non-hydrogen) atoms. The van der Waals surface area contributed by atoms with Crippen LogP contribution in [-0.4, -0.2) is 40.4 Å². The number of nitrogens with zero attached hydrogens (tertiary/aromatic N) is 3. The Labute approximate surface area is 148 Å². The number of carbonyl (C=O) groups is 1. The third-order valence-electron chi connectivity index (χ3n) is 4.51. The summed E-state index contributed by atoms with van der Waals surface area (Å²) in [5, 5.41) is 3.05. The summed E-state index contributed by atoms with van der Waals surface area (Å²) >= 11 is 0. The smallest absolute Gasteiger partial charge is 0.224 e. The Kier molecular flexibility index (Phi) is 5.81. The zero-order valence-corrected chi connectivity index (χ0v) is 15.0. The number of likely N-dealkylation sites (tertiary alicyclic amines) is 1. The summed E-state index contributed by atoms with van der Waals surface area (Å²) < 4.78 is 5.41. The quantitative estimate of drug-likeness (QED) is 0.872. The molecule has 2 aromatic heterocycles. The number of carbonyl (C=O) groups excluding carboxylic acids is 1. The molecular formula is C19H26N4O2. The second-order valence-corrected chi connectivity index (χ2v) is 6.76. The molecule has 1 atom stereocenters. The van der Waals surface area contributed by atoms with E-state index < -0.39 is 0 Å². The van der Waals surface area contributed by atoms with Crippen molar-refractivity contribution in [2.45, 2.75) is 39.7 Å². The van der Waals surface area contributed by atoms with Crippen molar-refractivity contribution in [3.8, 4) is 0 Å². The van der Waals surface area contributed by atoms with Gasteiger partial charge in [-0.2, -0.15) is 0 Å². The van der Waals surface area contributed by atoms with Crippen molar-refractivity contribution in [3.63, 3.8) is 0 Å². The Morgan fingerprint density at radius 1 is 1.36 bits per heavy atom. The van der Waals surface area contributed by atoms with E-state index in [1.807, 2.05) is 32.0 Å². The Balaban J connectivity index is 1.45. The highest BCUT2D eigenvalue weighted by Gasteiger charge is 2.25. The van der Waals surface area contributed by atoms with Gasteiger partial charge in [0.1, 0.15) is 11.6 Å². The van der Waals surface area contributed by atoms with Gasteiger partial charge >= 0.3 is 0 Å². The molecule has 0 bridgehead atoms. The number of amides is 1. The topological polar surface area (TPSA) is 71.3 Å². The van der Waals surface area contributed by atoms with Crippen molar-refractivity contribution in [3.05, 3.63) is 47.4 Å². The lowest BCUT2D eigenvalue weighted by atomic mass is 9.97. The van der Waals surface area contributed by atoms with Crippen molar-refractivity contribution in [1.29, 1.82) is 0 Å². The molecular weight excluding hydrogens is 316 g/mol. The Hall–Kier alpha value is -2.21. The maximum atomic E-state index is 12.5. The van der Waals surface area contributed by atoms with Crippen LogP contribution in [0.15, 0.2) is 28.9 Å². The summed E-state index contributed by atoms with van der Waals surface area (Å²) in [7, 11) is 0. The number of piperidine rings is 1. The predicted molar refractivity (Wildman–Crippen MR) is 94.9 cm³/mol. The second-order valence-electron chi connectivity index (χ2n) is 6.76. The normalized spacial score (nSPS) is 18.2. The molecule has 1 amide bonds. The predicted octanol–water partition coefficient (Wildman–Crippen LogP) is 2.26. The van der Waals surface area contributed by atoms with Crippen LogP contribution >= 0.6 is 0 Å². The van der Waals surface area contributed by atoms with E-state index >= 15 is 0 Å². The maximum absolute atomic E-state index is 12.5. The number of aromatic nitrogens is 2. The summed E-state index contributed by atoms with van der Waals surface area (Å²) in [5.41, 5.74) is 1.93. The van der Waals surface area contributed by atoms with Crippen LogP contribution in [0, 0.1) is 19.8 Å². The number of aryl methyl sites for hydroxylation is 2. The Morgan fingerprint density at radius 2 is 2.16 bits per heavy atom. The molecule has 0 aliphatic carbocycles. The molecule has 0 saturated carbocycles. The molecule has 1 saturated heterocycles. The van der Waals surface area contributed by atoms with Gasteiger partial charge in [-0.3, -0.25) is 9.69 Å². The summed E-state index contributed by atoms with van der Waals surface area (Å²) in [6.07, 6.45) is 4.34. The van der Waals surface area contributed by atoms with Crippen LogP contribution < -0.4 is 5.32 Å². The van der Waals surface area contributed by atoms with Crippen LogP contribution in [0.5, 0.6) is 0 Å². The van der Waals surface area contributed by atoms with Crippen molar-refractivity contribution in [2.75, 3.05) is 19.6 Å². The fraction of sp³-hybridized carbons (Fsp3) is 0.526. The van der Waals surface area contributed by atoms with Crippen LogP contribution in [-0.2, 0) is 17.8 Å². The highest BCUT2D eigenvalue weighted by Crippen LogP contribution is 2.19. The maximum Gasteiger partial charge on any atom is 0.224 e. The van der Waals surface area contributed by atoms with Crippen molar-refractivity contribution in [2.24, 2.45) is 5.92 Å². The summed E-state index contributed by atoms with van der Waals surface area (Å²) in [5.74, 6) is 1.92. The standard InChI is InChI=1S/C19H26N4O2/c1-14-11-15(2)22-18(21-14)7-8-20-19(24)16-5-3-9-23(12-16)13-17-6-4-10-25-17/h4,6,10-11,16H,3,5,7-9,12-13H2,1-2H3,(H,20,24). The molecule has 6 heteroatoms. The minimum atomic E-state index is 0.0453. The average Bonchev–Trinajstić information content (AvgIpc) is 3.07. The van der Waals surface area contributed by atoms with Crippen LogP contribution in [0.4, 0.5) is 0 Å². The molecule has 1 unspecified atom stereocenters. The molecule has 2 aromatic rings. The molecule has 6 nitrogen and oxygen atoms in total. The minimum Gasteiger partial charge on any atom is -0.468 e. The van der Waals surface area contributed by atoms with E-state index in [0.29, 0.717) is 13.0 Å². The van der Waals surface area contributed by atoms with Gasteiger partial charge in [-0.1, -0.05) is 0 Å². The molecule has 0 aromatic carbocycles. The van der Waals surface area contributed by atoms with Gasteiger partial charge in [-0.15, -0.1) is 0 Å². The first-order valence-electron chi connectivity index (χ1n) is 8.94. The van der Waals surface area contributed by atoms with Gasteiger partial charge in [0.05, 0.1) is 18.7 Å². The molecule has 134 valence electrons. The SMILES string of the molecule is Cc1cc(C)nc(CCNC(=O)C2CCCN(Cc3ccco3)C2)n1. The molecule has 0 spiro atoms. The molecule has 0 radical (unpaired) electrons. The van der Waals surface area contributed by atoms with Gasteiger partial charge in [0.25, 0.3) is 0 Å². The van der Waals surface area contributed by atoms with Gasteiger partial charge in [0.15, 0.2) is 0 Å². The van der Waals surface area contributed by atoms with Gasteiger partial charge < -0.3 is 9.73 Å². The van der Waals surface area contributed by atoms with Crippen molar-refractivity contribution < 1.29 is 9.21 Å². The number of nitrogens with one attached hydrogen (secondary N) is 1. The summed E-state index contributed by atoms with van der Waals surface area (Å²) in [6.45, 7) is 7.08. The van der Waals surface area contributed by atoms with Crippen LogP contribution in [0.3, 0.4) is 0 Å². The lowest BCUT2D eigenvalue weighted by Crippen LogP contribution is -2.43. The highest BCUT2D eigenvalue weighted by atomic mass is 16.3. The Morgan fingerprint density at radius 3 is 2.88 bits per heavy atom. The minimum absolute atomic E-state index is 0.0453. The first-order chi connectivity index (χ1) is 12.1. The number of rotatable bonds is 6. The molecule has 1 N–H and O–H groups in total. The number of hydrogen-bond acceptors (Lipinski definition) is 5. The monoisotopic (exact) mass is 342 g/mol. The molecule has 1 fully saturated rings. The van der Waals surface area contributed by atoms with E-state index in [9.17, 15) is 4.79 Å². The van der Waals surface area contributed by atoms with Gasteiger partial charge in [0.2, 0.25) is 5.91 Å². The first kappa shape index (κ1) is 17.6. The van der Waals surface area contributed by atoms with Gasteiger partial charge in [0, 0.05) is 30.9 Å². The van der Waals surface area contributed by atoms with Gasteiger partial charge in [-0.05, 0) is 51.4 Å². The van der Waals surface area contributed by atoms with Crippen molar-refractivity contribution in [1.82, 2.24) is 20.2 Å². The molecule has 3 rings (SSSR count). The zero-order chi connectivity index (χ0) is 17.6. The van der Waals surface area contributed by atoms with E-state index in [1.54, 1.807) is 6.26 Å².